The number of methoxy groups -OCH3 is 1. The lowest BCUT2D eigenvalue weighted by atomic mass is 10.1. The molecule has 2 heterocycles. The Morgan fingerprint density at radius 1 is 1.62 bits per heavy atom. The maximum atomic E-state index is 11.6. The molecule has 3 atom stereocenters. The minimum absolute atomic E-state index is 0. The first kappa shape index (κ1) is 13.7. The Hall–Kier alpha value is -0.360. The Labute approximate surface area is 102 Å². The third kappa shape index (κ3) is 3.07. The van der Waals surface area contributed by atoms with Crippen molar-refractivity contribution in [3.8, 4) is 0 Å². The minimum atomic E-state index is -0.273. The number of rotatable bonds is 4. The minimum Gasteiger partial charge on any atom is -0.383 e. The Balaban J connectivity index is 0.00000128. The van der Waals surface area contributed by atoms with Crippen LogP contribution < -0.4 is 10.6 Å². The molecule has 94 valence electrons. The number of halogens is 1. The number of hydrogen-bond donors (Lipinski definition) is 2. The van der Waals surface area contributed by atoms with E-state index >= 15 is 0 Å². The molecule has 2 rings (SSSR count). The number of carbonyl (C=O) groups excluding carboxylic acids is 1. The Morgan fingerprint density at radius 2 is 2.44 bits per heavy atom. The summed E-state index contributed by atoms with van der Waals surface area (Å²) < 4.78 is 10.5. The lowest BCUT2D eigenvalue weighted by Crippen LogP contribution is -2.37. The summed E-state index contributed by atoms with van der Waals surface area (Å²) in [4.78, 5) is 11.6. The van der Waals surface area contributed by atoms with Crippen molar-refractivity contribution < 1.29 is 14.3 Å². The van der Waals surface area contributed by atoms with Crippen LogP contribution in [0.5, 0.6) is 0 Å². The van der Waals surface area contributed by atoms with E-state index in [0.717, 1.165) is 19.4 Å². The molecule has 0 aromatic heterocycles. The van der Waals surface area contributed by atoms with E-state index in [0.29, 0.717) is 19.2 Å². The van der Waals surface area contributed by atoms with Crippen LogP contribution in [0.1, 0.15) is 12.8 Å². The first-order chi connectivity index (χ1) is 7.31. The van der Waals surface area contributed by atoms with Gasteiger partial charge in [0.25, 0.3) is 0 Å². The first-order valence-corrected chi connectivity index (χ1v) is 5.46. The summed E-state index contributed by atoms with van der Waals surface area (Å²) in [6, 6.07) is 0.378. The zero-order valence-corrected chi connectivity index (χ0v) is 10.2. The van der Waals surface area contributed by atoms with Crippen LogP contribution in [0.2, 0.25) is 0 Å². The quantitative estimate of drug-likeness (QED) is 0.672. The third-order valence-electron chi connectivity index (χ3n) is 2.99. The fourth-order valence-electron chi connectivity index (χ4n) is 2.20. The second-order valence-electron chi connectivity index (χ2n) is 4.03. The van der Waals surface area contributed by atoms with Crippen molar-refractivity contribution in [3.63, 3.8) is 0 Å². The normalized spacial score (nSPS) is 31.9. The Bertz CT molecular complexity index is 228. The average molecular weight is 251 g/mol. The van der Waals surface area contributed by atoms with Crippen molar-refractivity contribution in [2.75, 3.05) is 26.8 Å². The summed E-state index contributed by atoms with van der Waals surface area (Å²) in [5, 5.41) is 6.14. The molecule has 2 aliphatic heterocycles. The molecule has 2 aliphatic rings. The molecule has 5 nitrogen and oxygen atoms in total. The van der Waals surface area contributed by atoms with Crippen molar-refractivity contribution in [3.05, 3.63) is 0 Å². The van der Waals surface area contributed by atoms with Gasteiger partial charge < -0.3 is 20.1 Å². The number of nitrogens with one attached hydrogen (secondary N) is 2. The summed E-state index contributed by atoms with van der Waals surface area (Å²) in [6.07, 6.45) is 1.78. The lowest BCUT2D eigenvalue weighted by Gasteiger charge is -2.12. The van der Waals surface area contributed by atoms with Crippen LogP contribution in [-0.4, -0.2) is 51.0 Å². The largest absolute Gasteiger partial charge is 0.383 e. The van der Waals surface area contributed by atoms with Crippen LogP contribution in [0, 0.1) is 0 Å². The van der Waals surface area contributed by atoms with Gasteiger partial charge in [-0.15, -0.1) is 12.4 Å². The van der Waals surface area contributed by atoms with E-state index in [-0.39, 0.29) is 30.5 Å². The number of carbonyl (C=O) groups is 1. The van der Waals surface area contributed by atoms with Crippen molar-refractivity contribution in [2.45, 2.75) is 31.1 Å². The average Bonchev–Trinajstić information content (AvgIpc) is 2.76. The molecular weight excluding hydrogens is 232 g/mol. The van der Waals surface area contributed by atoms with Gasteiger partial charge >= 0.3 is 0 Å². The standard InChI is InChI=1S/C10H18N2O3.ClH/c1-14-5-4-12-10(13)9-6-7-8(15-9)2-3-11-7;/h7-9,11H,2-6H2,1H3,(H,12,13);1H/t7-,8-,9+;/m1./s1. The van der Waals surface area contributed by atoms with E-state index in [9.17, 15) is 4.79 Å². The van der Waals surface area contributed by atoms with E-state index in [4.69, 9.17) is 9.47 Å². The molecule has 1 amide bonds. The molecule has 0 aliphatic carbocycles. The topological polar surface area (TPSA) is 59.6 Å². The highest BCUT2D eigenvalue weighted by Gasteiger charge is 2.41. The fourth-order valence-corrected chi connectivity index (χ4v) is 2.20. The van der Waals surface area contributed by atoms with Gasteiger partial charge in [0.1, 0.15) is 6.10 Å². The van der Waals surface area contributed by atoms with Crippen LogP contribution in [-0.2, 0) is 14.3 Å². The van der Waals surface area contributed by atoms with Crippen LogP contribution in [0.3, 0.4) is 0 Å². The summed E-state index contributed by atoms with van der Waals surface area (Å²) in [5.41, 5.74) is 0. The van der Waals surface area contributed by atoms with Gasteiger partial charge in [-0.25, -0.2) is 0 Å². The predicted molar refractivity (Wildman–Crippen MR) is 61.8 cm³/mol. The van der Waals surface area contributed by atoms with Gasteiger partial charge in [0.05, 0.1) is 12.7 Å². The third-order valence-corrected chi connectivity index (χ3v) is 2.99. The van der Waals surface area contributed by atoms with E-state index in [2.05, 4.69) is 10.6 Å². The van der Waals surface area contributed by atoms with Crippen LogP contribution in [0.25, 0.3) is 0 Å². The Morgan fingerprint density at radius 3 is 3.12 bits per heavy atom. The molecule has 0 saturated carbocycles. The van der Waals surface area contributed by atoms with Gasteiger partial charge in [-0.2, -0.15) is 0 Å². The molecule has 0 aromatic carbocycles. The van der Waals surface area contributed by atoms with Crippen molar-refractivity contribution in [1.29, 1.82) is 0 Å². The van der Waals surface area contributed by atoms with Crippen molar-refractivity contribution in [2.24, 2.45) is 0 Å². The van der Waals surface area contributed by atoms with Gasteiger partial charge in [-0.05, 0) is 13.0 Å². The van der Waals surface area contributed by atoms with Crippen LogP contribution >= 0.6 is 12.4 Å². The predicted octanol–water partition coefficient (Wildman–Crippen LogP) is -0.310. The van der Waals surface area contributed by atoms with E-state index in [1.54, 1.807) is 7.11 Å². The summed E-state index contributed by atoms with van der Waals surface area (Å²) in [7, 11) is 1.62. The summed E-state index contributed by atoms with van der Waals surface area (Å²) in [5.74, 6) is -0.0109. The van der Waals surface area contributed by atoms with E-state index < -0.39 is 0 Å². The zero-order valence-electron chi connectivity index (χ0n) is 9.40. The molecule has 0 unspecified atom stereocenters. The molecular formula is C10H19ClN2O3. The molecule has 2 N–H and O–H groups in total. The second kappa shape index (κ2) is 6.39. The van der Waals surface area contributed by atoms with Crippen LogP contribution in [0.4, 0.5) is 0 Å². The molecule has 0 spiro atoms. The molecule has 0 radical (unpaired) electrons. The van der Waals surface area contributed by atoms with E-state index in [1.807, 2.05) is 0 Å². The second-order valence-corrected chi connectivity index (χ2v) is 4.03. The molecule has 6 heteroatoms. The lowest BCUT2D eigenvalue weighted by molar-refractivity contribution is -0.132. The number of fused-ring (bicyclic) bond motifs is 1. The fraction of sp³-hybridized carbons (Fsp3) is 0.900. The molecule has 16 heavy (non-hydrogen) atoms. The first-order valence-electron chi connectivity index (χ1n) is 5.46. The monoisotopic (exact) mass is 250 g/mol. The maximum absolute atomic E-state index is 11.6. The Kier molecular flexibility index (Phi) is 5.48. The van der Waals surface area contributed by atoms with Crippen LogP contribution in [0.15, 0.2) is 0 Å². The van der Waals surface area contributed by atoms with Crippen molar-refractivity contribution in [1.82, 2.24) is 10.6 Å². The zero-order chi connectivity index (χ0) is 10.7. The highest BCUT2D eigenvalue weighted by atomic mass is 35.5. The molecule has 2 fully saturated rings. The van der Waals surface area contributed by atoms with Gasteiger partial charge in [-0.1, -0.05) is 0 Å². The van der Waals surface area contributed by atoms with Crippen molar-refractivity contribution >= 4 is 18.3 Å². The maximum Gasteiger partial charge on any atom is 0.249 e. The smallest absolute Gasteiger partial charge is 0.249 e. The van der Waals surface area contributed by atoms with E-state index in [1.165, 1.54) is 0 Å². The van der Waals surface area contributed by atoms with Gasteiger partial charge in [0.2, 0.25) is 5.91 Å². The van der Waals surface area contributed by atoms with Gasteiger partial charge in [0, 0.05) is 26.1 Å². The molecule has 0 aromatic rings. The number of amides is 1. The highest BCUT2D eigenvalue weighted by molar-refractivity contribution is 5.85. The number of ether oxygens (including phenoxy) is 2. The SMILES string of the molecule is COCCNC(=O)[C@@H]1C[C@H]2NCC[C@H]2O1.Cl. The van der Waals surface area contributed by atoms with Gasteiger partial charge in [0.15, 0.2) is 0 Å². The molecule has 2 saturated heterocycles. The summed E-state index contributed by atoms with van der Waals surface area (Å²) >= 11 is 0. The summed E-state index contributed by atoms with van der Waals surface area (Å²) in [6.45, 7) is 2.11. The van der Waals surface area contributed by atoms with Gasteiger partial charge in [-0.3, -0.25) is 4.79 Å². The number of hydrogen-bond acceptors (Lipinski definition) is 4. The molecule has 0 bridgehead atoms. The highest BCUT2D eigenvalue weighted by Crippen LogP contribution is 2.26.